The van der Waals surface area contributed by atoms with Gasteiger partial charge in [-0.15, -0.1) is 0 Å². The first-order valence-electron chi connectivity index (χ1n) is 10.2. The van der Waals surface area contributed by atoms with Crippen LogP contribution in [0.2, 0.25) is 0 Å². The summed E-state index contributed by atoms with van der Waals surface area (Å²) in [6.45, 7) is 5.95. The molecule has 3 fully saturated rings. The lowest BCUT2D eigenvalue weighted by molar-refractivity contribution is -0.132. The Bertz CT molecular complexity index is 475. The Labute approximate surface area is 151 Å². The van der Waals surface area contributed by atoms with Crippen LogP contribution in [0.3, 0.4) is 0 Å². The van der Waals surface area contributed by atoms with Crippen LogP contribution >= 0.6 is 0 Å². The van der Waals surface area contributed by atoms with Crippen LogP contribution in [-0.4, -0.2) is 37.6 Å². The van der Waals surface area contributed by atoms with Crippen molar-refractivity contribution in [1.82, 2.24) is 10.6 Å². The fraction of sp³-hybridized carbons (Fsp3) is 0.900. The standard InChI is InChI=1S/C20H34N2O3/c1-3-14-4-6-16(7-5-14)18(23)21-12-17(15-8-9-15)22-19(24)20(2)10-11-25-13-20/h14-17H,3-13H2,1-2H3,(H,21,23)(H,22,24). The maximum Gasteiger partial charge on any atom is 0.228 e. The first kappa shape index (κ1) is 18.7. The van der Waals surface area contributed by atoms with Gasteiger partial charge < -0.3 is 15.4 Å². The molecule has 2 aliphatic carbocycles. The quantitative estimate of drug-likeness (QED) is 0.742. The van der Waals surface area contributed by atoms with E-state index in [4.69, 9.17) is 4.74 Å². The van der Waals surface area contributed by atoms with Crippen LogP contribution in [0.25, 0.3) is 0 Å². The summed E-state index contributed by atoms with van der Waals surface area (Å²) in [6.07, 6.45) is 8.69. The maximum atomic E-state index is 12.6. The van der Waals surface area contributed by atoms with Gasteiger partial charge in [0, 0.05) is 25.1 Å². The van der Waals surface area contributed by atoms with Crippen LogP contribution in [0.4, 0.5) is 0 Å². The topological polar surface area (TPSA) is 67.4 Å². The van der Waals surface area contributed by atoms with Crippen molar-refractivity contribution in [2.75, 3.05) is 19.8 Å². The van der Waals surface area contributed by atoms with E-state index >= 15 is 0 Å². The van der Waals surface area contributed by atoms with E-state index in [1.54, 1.807) is 0 Å². The van der Waals surface area contributed by atoms with E-state index in [-0.39, 0.29) is 23.8 Å². The molecule has 1 aliphatic heterocycles. The smallest absolute Gasteiger partial charge is 0.228 e. The number of amides is 2. The molecule has 1 heterocycles. The van der Waals surface area contributed by atoms with Crippen molar-refractivity contribution in [3.05, 3.63) is 0 Å². The lowest BCUT2D eigenvalue weighted by atomic mass is 9.80. The summed E-state index contributed by atoms with van der Waals surface area (Å²) in [4.78, 5) is 25.1. The van der Waals surface area contributed by atoms with Gasteiger partial charge >= 0.3 is 0 Å². The van der Waals surface area contributed by atoms with Crippen molar-refractivity contribution in [3.63, 3.8) is 0 Å². The monoisotopic (exact) mass is 350 g/mol. The lowest BCUT2D eigenvalue weighted by Gasteiger charge is -2.29. The number of hydrogen-bond acceptors (Lipinski definition) is 3. The summed E-state index contributed by atoms with van der Waals surface area (Å²) >= 11 is 0. The molecular formula is C20H34N2O3. The zero-order chi connectivity index (χ0) is 17.9. The number of carbonyl (C=O) groups excluding carboxylic acids is 2. The van der Waals surface area contributed by atoms with E-state index in [2.05, 4.69) is 17.6 Å². The number of ether oxygens (including phenoxy) is 1. The molecule has 2 saturated carbocycles. The Kier molecular flexibility index (Phi) is 6.03. The third-order valence-electron chi connectivity index (χ3n) is 6.57. The van der Waals surface area contributed by atoms with E-state index in [0.717, 1.165) is 38.0 Å². The van der Waals surface area contributed by atoms with Gasteiger partial charge in [0.2, 0.25) is 11.8 Å². The fourth-order valence-corrected chi connectivity index (χ4v) is 4.21. The van der Waals surface area contributed by atoms with Crippen molar-refractivity contribution in [3.8, 4) is 0 Å². The van der Waals surface area contributed by atoms with E-state index in [9.17, 15) is 9.59 Å². The molecular weight excluding hydrogens is 316 g/mol. The van der Waals surface area contributed by atoms with Gasteiger partial charge in [-0.25, -0.2) is 0 Å². The summed E-state index contributed by atoms with van der Waals surface area (Å²) in [6, 6.07) is 0.0702. The highest BCUT2D eigenvalue weighted by Crippen LogP contribution is 2.35. The molecule has 2 unspecified atom stereocenters. The predicted molar refractivity (Wildman–Crippen MR) is 96.9 cm³/mol. The number of hydrogen-bond donors (Lipinski definition) is 2. The Hall–Kier alpha value is -1.10. The summed E-state index contributed by atoms with van der Waals surface area (Å²) < 4.78 is 5.40. The van der Waals surface area contributed by atoms with Crippen LogP contribution in [0, 0.1) is 23.2 Å². The first-order valence-corrected chi connectivity index (χ1v) is 10.2. The highest BCUT2D eigenvalue weighted by Gasteiger charge is 2.41. The lowest BCUT2D eigenvalue weighted by Crippen LogP contribution is -2.50. The van der Waals surface area contributed by atoms with Gasteiger partial charge in [0.25, 0.3) is 0 Å². The molecule has 0 aromatic heterocycles. The second-order valence-corrected chi connectivity index (χ2v) is 8.65. The van der Waals surface area contributed by atoms with Crippen molar-refractivity contribution >= 4 is 11.8 Å². The van der Waals surface area contributed by atoms with Crippen molar-refractivity contribution < 1.29 is 14.3 Å². The van der Waals surface area contributed by atoms with Crippen LogP contribution in [0.5, 0.6) is 0 Å². The molecule has 2 N–H and O–H groups in total. The minimum absolute atomic E-state index is 0.0702. The Morgan fingerprint density at radius 3 is 2.44 bits per heavy atom. The molecule has 142 valence electrons. The molecule has 0 bridgehead atoms. The van der Waals surface area contributed by atoms with E-state index in [1.165, 1.54) is 19.3 Å². The van der Waals surface area contributed by atoms with Gasteiger partial charge in [-0.2, -0.15) is 0 Å². The zero-order valence-corrected chi connectivity index (χ0v) is 15.8. The molecule has 1 saturated heterocycles. The SMILES string of the molecule is CCC1CCC(C(=O)NCC(NC(=O)C2(C)CCOC2)C2CC2)CC1. The number of carbonyl (C=O) groups is 2. The molecule has 0 aromatic rings. The summed E-state index contributed by atoms with van der Waals surface area (Å²) in [7, 11) is 0. The normalized spacial score (nSPS) is 33.7. The van der Waals surface area contributed by atoms with Crippen LogP contribution in [0.15, 0.2) is 0 Å². The van der Waals surface area contributed by atoms with Crippen LogP contribution < -0.4 is 10.6 Å². The van der Waals surface area contributed by atoms with Crippen molar-refractivity contribution in [1.29, 1.82) is 0 Å². The summed E-state index contributed by atoms with van der Waals surface area (Å²) in [5.74, 6) is 1.76. The third kappa shape index (κ3) is 4.75. The molecule has 3 aliphatic rings. The summed E-state index contributed by atoms with van der Waals surface area (Å²) in [5.41, 5.74) is -0.407. The molecule has 5 nitrogen and oxygen atoms in total. The van der Waals surface area contributed by atoms with Gasteiger partial charge in [-0.05, 0) is 63.7 Å². The van der Waals surface area contributed by atoms with E-state index < -0.39 is 5.41 Å². The second kappa shape index (κ2) is 8.07. The minimum Gasteiger partial charge on any atom is -0.380 e. The van der Waals surface area contributed by atoms with Crippen LogP contribution in [0.1, 0.15) is 65.2 Å². The number of nitrogens with one attached hydrogen (secondary N) is 2. The zero-order valence-electron chi connectivity index (χ0n) is 15.8. The Morgan fingerprint density at radius 1 is 1.16 bits per heavy atom. The van der Waals surface area contributed by atoms with Gasteiger partial charge in [-0.3, -0.25) is 9.59 Å². The first-order chi connectivity index (χ1) is 12.0. The summed E-state index contributed by atoms with van der Waals surface area (Å²) in [5, 5.41) is 6.33. The average Bonchev–Trinajstić information content (AvgIpc) is 3.38. The van der Waals surface area contributed by atoms with Gasteiger partial charge in [0.1, 0.15) is 0 Å². The molecule has 2 amide bonds. The van der Waals surface area contributed by atoms with E-state index in [0.29, 0.717) is 25.7 Å². The van der Waals surface area contributed by atoms with Gasteiger partial charge in [0.05, 0.1) is 12.0 Å². The number of rotatable bonds is 7. The van der Waals surface area contributed by atoms with Gasteiger partial charge in [0.15, 0.2) is 0 Å². The molecule has 5 heteroatoms. The molecule has 3 rings (SSSR count). The molecule has 25 heavy (non-hydrogen) atoms. The predicted octanol–water partition coefficient (Wildman–Crippen LogP) is 2.64. The molecule has 2 atom stereocenters. The highest BCUT2D eigenvalue weighted by atomic mass is 16.5. The van der Waals surface area contributed by atoms with Crippen molar-refractivity contribution in [2.45, 2.75) is 71.3 Å². The largest absolute Gasteiger partial charge is 0.380 e. The molecule has 0 radical (unpaired) electrons. The Balaban J connectivity index is 1.46. The van der Waals surface area contributed by atoms with Crippen LogP contribution in [-0.2, 0) is 14.3 Å². The van der Waals surface area contributed by atoms with E-state index in [1.807, 2.05) is 6.92 Å². The maximum absolute atomic E-state index is 12.6. The van der Waals surface area contributed by atoms with Crippen molar-refractivity contribution in [2.24, 2.45) is 23.2 Å². The fourth-order valence-electron chi connectivity index (χ4n) is 4.21. The second-order valence-electron chi connectivity index (χ2n) is 8.65. The molecule has 0 aromatic carbocycles. The minimum atomic E-state index is -0.407. The third-order valence-corrected chi connectivity index (χ3v) is 6.57. The Morgan fingerprint density at radius 2 is 1.88 bits per heavy atom. The van der Waals surface area contributed by atoms with Gasteiger partial charge in [-0.1, -0.05) is 13.3 Å². The molecule has 0 spiro atoms. The average molecular weight is 351 g/mol. The highest BCUT2D eigenvalue weighted by molar-refractivity contribution is 5.83.